The number of amides is 5. The van der Waals surface area contributed by atoms with Gasteiger partial charge in [0.15, 0.2) is 5.78 Å². The van der Waals surface area contributed by atoms with Crippen LogP contribution in [-0.4, -0.2) is 72.6 Å². The summed E-state index contributed by atoms with van der Waals surface area (Å²) >= 11 is 0. The first-order valence-corrected chi connectivity index (χ1v) is 22.9. The number of aliphatic carboxylic acids is 1. The quantitative estimate of drug-likeness (QED) is 0.0312. The molecule has 344 valence electrons. The number of carboxylic acids is 1. The zero-order chi connectivity index (χ0) is 46.0. The molecular weight excluding hydrogens is 787 g/mol. The maximum absolute atomic E-state index is 13.8. The third kappa shape index (κ3) is 19.8. The summed E-state index contributed by atoms with van der Waals surface area (Å²) < 4.78 is 0. The lowest BCUT2D eigenvalue weighted by Crippen LogP contribution is -2.49. The van der Waals surface area contributed by atoms with E-state index < -0.39 is 46.4 Å². The number of primary amides is 1. The first-order valence-electron chi connectivity index (χ1n) is 22.9. The summed E-state index contributed by atoms with van der Waals surface area (Å²) in [5.41, 5.74) is 4.76. The predicted octanol–water partition coefficient (Wildman–Crippen LogP) is 7.50. The maximum Gasteiger partial charge on any atom is 0.307 e. The van der Waals surface area contributed by atoms with Crippen LogP contribution in [0.4, 0.5) is 0 Å². The average molecular weight is 862 g/mol. The van der Waals surface area contributed by atoms with E-state index in [0.29, 0.717) is 29.5 Å². The molecule has 0 aromatic heterocycles. The number of hydrogen-bond acceptors (Lipinski definition) is 7. The van der Waals surface area contributed by atoms with Crippen molar-refractivity contribution >= 4 is 41.3 Å². The van der Waals surface area contributed by atoms with Crippen LogP contribution in [0.2, 0.25) is 0 Å². The molecule has 5 amide bonds. The second-order valence-corrected chi connectivity index (χ2v) is 17.6. The fourth-order valence-corrected chi connectivity index (χ4v) is 7.95. The Morgan fingerprint density at radius 2 is 1.08 bits per heavy atom. The minimum atomic E-state index is -1.20. The third-order valence-electron chi connectivity index (χ3n) is 11.6. The Bertz CT molecular complexity index is 1710. The van der Waals surface area contributed by atoms with Crippen molar-refractivity contribution in [2.45, 2.75) is 144 Å². The van der Waals surface area contributed by atoms with Gasteiger partial charge in [0.2, 0.25) is 23.6 Å². The van der Waals surface area contributed by atoms with E-state index in [9.17, 15) is 38.7 Å². The van der Waals surface area contributed by atoms with E-state index in [4.69, 9.17) is 5.73 Å². The highest BCUT2D eigenvalue weighted by Crippen LogP contribution is 2.40. The van der Waals surface area contributed by atoms with Crippen molar-refractivity contribution in [3.63, 3.8) is 0 Å². The van der Waals surface area contributed by atoms with E-state index >= 15 is 0 Å². The first kappa shape index (κ1) is 53.1. The number of carbonyl (C=O) groups is 7. The Balaban J connectivity index is 1.83. The van der Waals surface area contributed by atoms with Gasteiger partial charge in [-0.05, 0) is 37.8 Å². The Morgan fingerprint density at radius 1 is 0.597 bits per heavy atom. The zero-order valence-corrected chi connectivity index (χ0v) is 38.1. The fourth-order valence-electron chi connectivity index (χ4n) is 7.95. The Kier molecular flexibility index (Phi) is 24.4. The van der Waals surface area contributed by atoms with Crippen molar-refractivity contribution in [2.24, 2.45) is 28.4 Å². The number of nitrogens with two attached hydrogens (primary N) is 1. The van der Waals surface area contributed by atoms with Gasteiger partial charge in [0.25, 0.3) is 5.91 Å². The molecule has 13 nitrogen and oxygen atoms in total. The number of rotatable bonds is 33. The summed E-state index contributed by atoms with van der Waals surface area (Å²) in [5, 5.41) is 20.9. The second kappa shape index (κ2) is 28.5. The molecule has 7 N–H and O–H groups in total. The highest BCUT2D eigenvalue weighted by molar-refractivity contribution is 6.09. The third-order valence-corrected chi connectivity index (χ3v) is 11.6. The Hall–Kier alpha value is -5.07. The summed E-state index contributed by atoms with van der Waals surface area (Å²) in [6.07, 6.45) is 15.0. The molecule has 13 heteroatoms. The van der Waals surface area contributed by atoms with Gasteiger partial charge in [-0.15, -0.1) is 0 Å². The summed E-state index contributed by atoms with van der Waals surface area (Å²) in [4.78, 5) is 89.7. The molecule has 0 heterocycles. The number of unbranched alkanes of at least 4 members (excludes halogenated alkanes) is 11. The molecule has 0 aliphatic rings. The Labute approximate surface area is 369 Å². The standard InChI is InChI=1S/C49H75N5O8/c1-6-8-9-10-11-12-13-14-15-16-17-19-24-40(45(59)60)33-41(55)51-29-31-54-47(62)49(5,34-36(7-2)43(50)57)35-48(3,4)46(61)53-32-30-52-44(58)39-27-25-38(26-28-39)42(56)37-22-20-18-21-23-37/h18,20-23,25-28,36,40H,6-17,19,24,29-35H2,1-5H3,(H2,50,57)(H,51,55)(H,52,58)(H,53,61)(H,54,62)(H,59,60). The van der Waals surface area contributed by atoms with Crippen LogP contribution in [-0.2, 0) is 24.0 Å². The van der Waals surface area contributed by atoms with Gasteiger partial charge in [0.05, 0.1) is 5.92 Å². The summed E-state index contributed by atoms with van der Waals surface area (Å²) in [6, 6.07) is 15.2. The molecule has 3 unspecified atom stereocenters. The molecule has 2 aromatic rings. The summed E-state index contributed by atoms with van der Waals surface area (Å²) in [6.45, 7) is 9.49. The van der Waals surface area contributed by atoms with Crippen molar-refractivity contribution in [2.75, 3.05) is 26.2 Å². The lowest BCUT2D eigenvalue weighted by atomic mass is 9.68. The van der Waals surface area contributed by atoms with E-state index in [1.54, 1.807) is 76.2 Å². The Morgan fingerprint density at radius 3 is 1.61 bits per heavy atom. The molecule has 0 saturated heterocycles. The predicted molar refractivity (Wildman–Crippen MR) is 243 cm³/mol. The van der Waals surface area contributed by atoms with Crippen LogP contribution >= 0.6 is 0 Å². The lowest BCUT2D eigenvalue weighted by Gasteiger charge is -2.37. The second-order valence-electron chi connectivity index (χ2n) is 17.6. The van der Waals surface area contributed by atoms with Crippen LogP contribution in [0.15, 0.2) is 54.6 Å². The van der Waals surface area contributed by atoms with Gasteiger partial charge in [-0.2, -0.15) is 0 Å². The summed E-state index contributed by atoms with van der Waals surface area (Å²) in [5.74, 6) is -4.64. The number of ketones is 1. The van der Waals surface area contributed by atoms with Gasteiger partial charge >= 0.3 is 5.97 Å². The molecule has 0 radical (unpaired) electrons. The number of hydrogen-bond donors (Lipinski definition) is 6. The lowest BCUT2D eigenvalue weighted by molar-refractivity contribution is -0.144. The molecular formula is C49H75N5O8. The molecule has 0 saturated carbocycles. The van der Waals surface area contributed by atoms with Crippen molar-refractivity contribution in [3.05, 3.63) is 71.3 Å². The fraction of sp³-hybridized carbons (Fsp3) is 0.612. The first-order chi connectivity index (χ1) is 29.5. The van der Waals surface area contributed by atoms with Crippen LogP contribution in [0.25, 0.3) is 0 Å². The minimum absolute atomic E-state index is 0.0579. The number of carboxylic acid groups (broad SMARTS) is 1. The van der Waals surface area contributed by atoms with Gasteiger partial charge in [-0.1, -0.05) is 154 Å². The topological polar surface area (TPSA) is 214 Å². The van der Waals surface area contributed by atoms with Gasteiger partial charge in [0.1, 0.15) is 0 Å². The molecule has 0 fully saturated rings. The SMILES string of the molecule is CCCCCCCCCCCCCCC(CC(=O)NCCNC(=O)C(C)(CC(CC)C(N)=O)CC(C)(C)C(=O)NCCNC(=O)c1ccc(C(=O)c2ccccc2)cc1)C(=O)O. The molecule has 2 aromatic carbocycles. The van der Waals surface area contributed by atoms with Crippen molar-refractivity contribution < 1.29 is 38.7 Å². The van der Waals surface area contributed by atoms with Gasteiger partial charge in [-0.25, -0.2) is 0 Å². The highest BCUT2D eigenvalue weighted by atomic mass is 16.4. The van der Waals surface area contributed by atoms with Crippen LogP contribution in [0.3, 0.4) is 0 Å². The minimum Gasteiger partial charge on any atom is -0.481 e. The molecule has 0 spiro atoms. The van der Waals surface area contributed by atoms with Gasteiger partial charge < -0.3 is 32.1 Å². The van der Waals surface area contributed by atoms with E-state index in [1.165, 1.54) is 51.4 Å². The van der Waals surface area contributed by atoms with E-state index in [1.807, 2.05) is 6.07 Å². The van der Waals surface area contributed by atoms with Gasteiger partial charge in [-0.3, -0.25) is 33.6 Å². The molecule has 2 rings (SSSR count). The molecule has 0 aliphatic heterocycles. The van der Waals surface area contributed by atoms with E-state index in [-0.39, 0.29) is 63.0 Å². The smallest absolute Gasteiger partial charge is 0.307 e. The normalized spacial score (nSPS) is 13.2. The number of benzene rings is 2. The van der Waals surface area contributed by atoms with Gasteiger partial charge in [0, 0.05) is 66.0 Å². The van der Waals surface area contributed by atoms with Crippen LogP contribution < -0.4 is 27.0 Å². The van der Waals surface area contributed by atoms with E-state index in [2.05, 4.69) is 28.2 Å². The molecule has 0 aliphatic carbocycles. The van der Waals surface area contributed by atoms with Crippen LogP contribution in [0, 0.1) is 22.7 Å². The molecule has 3 atom stereocenters. The highest BCUT2D eigenvalue weighted by Gasteiger charge is 2.43. The number of carbonyl (C=O) groups excluding carboxylic acids is 6. The maximum atomic E-state index is 13.8. The van der Waals surface area contributed by atoms with Crippen LogP contribution in [0.5, 0.6) is 0 Å². The zero-order valence-electron chi connectivity index (χ0n) is 38.1. The molecule has 62 heavy (non-hydrogen) atoms. The average Bonchev–Trinajstić information content (AvgIpc) is 3.25. The monoisotopic (exact) mass is 862 g/mol. The van der Waals surface area contributed by atoms with Crippen molar-refractivity contribution in [1.29, 1.82) is 0 Å². The largest absolute Gasteiger partial charge is 0.481 e. The van der Waals surface area contributed by atoms with Crippen molar-refractivity contribution in [3.8, 4) is 0 Å². The van der Waals surface area contributed by atoms with E-state index in [0.717, 1.165) is 25.7 Å². The molecule has 0 bridgehead atoms. The number of nitrogens with one attached hydrogen (secondary N) is 4. The summed E-state index contributed by atoms with van der Waals surface area (Å²) in [7, 11) is 0. The van der Waals surface area contributed by atoms with Crippen molar-refractivity contribution in [1.82, 2.24) is 21.3 Å². The van der Waals surface area contributed by atoms with Crippen LogP contribution in [0.1, 0.15) is 170 Å².